The maximum Gasteiger partial charge on any atom is 0.154 e. The van der Waals surface area contributed by atoms with Gasteiger partial charge in [-0.05, 0) is 31.0 Å². The van der Waals surface area contributed by atoms with Crippen LogP contribution < -0.4 is 10.5 Å². The number of ether oxygens (including phenoxy) is 1. The second kappa shape index (κ2) is 6.09. The summed E-state index contributed by atoms with van der Waals surface area (Å²) in [6, 6.07) is 5.10. The van der Waals surface area contributed by atoms with Gasteiger partial charge in [0.25, 0.3) is 0 Å². The Morgan fingerprint density at radius 3 is 2.56 bits per heavy atom. The van der Waals surface area contributed by atoms with E-state index in [4.69, 9.17) is 10.5 Å². The Balaban J connectivity index is 2.98. The Labute approximate surface area is 109 Å². The third-order valence-electron chi connectivity index (χ3n) is 2.35. The smallest absolute Gasteiger partial charge is 0.154 e. The zero-order chi connectivity index (χ0) is 13.8. The standard InChI is InChI=1S/C13H21NO3S/c1-4-17-13-6-5-12(14)7-11(13)9-18(15,16)8-10(2)3/h5-7,10H,4,8-9,14H2,1-3H3. The molecule has 5 heteroatoms. The lowest BCUT2D eigenvalue weighted by Gasteiger charge is -2.12. The fourth-order valence-corrected chi connectivity index (χ4v) is 3.65. The molecule has 0 heterocycles. The molecule has 18 heavy (non-hydrogen) atoms. The minimum atomic E-state index is -3.13. The molecule has 4 nitrogen and oxygen atoms in total. The van der Waals surface area contributed by atoms with Crippen molar-refractivity contribution in [2.24, 2.45) is 5.92 Å². The predicted octanol–water partition coefficient (Wildman–Crippen LogP) is 2.24. The molecule has 0 fully saturated rings. The average Bonchev–Trinajstić information content (AvgIpc) is 2.19. The molecule has 0 saturated heterocycles. The van der Waals surface area contributed by atoms with E-state index in [0.717, 1.165) is 0 Å². The SMILES string of the molecule is CCOc1ccc(N)cc1CS(=O)(=O)CC(C)C. The Morgan fingerprint density at radius 1 is 1.33 bits per heavy atom. The molecule has 0 atom stereocenters. The van der Waals surface area contributed by atoms with E-state index in [9.17, 15) is 8.42 Å². The third-order valence-corrected chi connectivity index (χ3v) is 4.27. The van der Waals surface area contributed by atoms with Crippen molar-refractivity contribution >= 4 is 15.5 Å². The second-order valence-corrected chi connectivity index (χ2v) is 6.86. The van der Waals surface area contributed by atoms with Gasteiger partial charge in [0, 0.05) is 11.3 Å². The van der Waals surface area contributed by atoms with Crippen molar-refractivity contribution in [1.82, 2.24) is 0 Å². The van der Waals surface area contributed by atoms with Crippen molar-refractivity contribution in [1.29, 1.82) is 0 Å². The lowest BCUT2D eigenvalue weighted by atomic mass is 10.2. The highest BCUT2D eigenvalue weighted by molar-refractivity contribution is 7.90. The van der Waals surface area contributed by atoms with Crippen LogP contribution >= 0.6 is 0 Å². The van der Waals surface area contributed by atoms with E-state index in [1.54, 1.807) is 18.2 Å². The first-order chi connectivity index (χ1) is 8.34. The van der Waals surface area contributed by atoms with Crippen LogP contribution in [0, 0.1) is 5.92 Å². The number of rotatable bonds is 6. The van der Waals surface area contributed by atoms with Crippen LogP contribution in [-0.2, 0) is 15.6 Å². The molecule has 0 aliphatic carbocycles. The van der Waals surface area contributed by atoms with Gasteiger partial charge in [-0.1, -0.05) is 13.8 Å². The van der Waals surface area contributed by atoms with Gasteiger partial charge in [-0.15, -0.1) is 0 Å². The molecular weight excluding hydrogens is 250 g/mol. The Kier molecular flexibility index (Phi) is 5.02. The number of nitrogen functional groups attached to an aromatic ring is 1. The fourth-order valence-electron chi connectivity index (χ4n) is 1.81. The van der Waals surface area contributed by atoms with Gasteiger partial charge in [-0.2, -0.15) is 0 Å². The molecule has 0 unspecified atom stereocenters. The van der Waals surface area contributed by atoms with Gasteiger partial charge in [0.2, 0.25) is 0 Å². The average molecular weight is 271 g/mol. The van der Waals surface area contributed by atoms with Crippen LogP contribution in [0.3, 0.4) is 0 Å². The summed E-state index contributed by atoms with van der Waals surface area (Å²) in [5, 5.41) is 0. The number of nitrogens with two attached hydrogens (primary N) is 1. The molecule has 0 radical (unpaired) electrons. The maximum absolute atomic E-state index is 12.0. The van der Waals surface area contributed by atoms with Gasteiger partial charge >= 0.3 is 0 Å². The number of hydrogen-bond donors (Lipinski definition) is 1. The third kappa shape index (κ3) is 4.56. The molecule has 0 saturated carbocycles. The van der Waals surface area contributed by atoms with Crippen LogP contribution in [0.15, 0.2) is 18.2 Å². The van der Waals surface area contributed by atoms with Gasteiger partial charge in [-0.3, -0.25) is 0 Å². The second-order valence-electron chi connectivity index (χ2n) is 4.75. The minimum absolute atomic E-state index is 0.0223. The summed E-state index contributed by atoms with van der Waals surface area (Å²) in [6.07, 6.45) is 0. The number of hydrogen-bond acceptors (Lipinski definition) is 4. The molecule has 1 aromatic carbocycles. The van der Waals surface area contributed by atoms with E-state index in [-0.39, 0.29) is 17.4 Å². The molecule has 1 rings (SSSR count). The molecule has 2 N–H and O–H groups in total. The highest BCUT2D eigenvalue weighted by Gasteiger charge is 2.17. The monoisotopic (exact) mass is 271 g/mol. The van der Waals surface area contributed by atoms with Crippen LogP contribution in [-0.4, -0.2) is 20.8 Å². The van der Waals surface area contributed by atoms with Crippen LogP contribution in [0.5, 0.6) is 5.75 Å². The lowest BCUT2D eigenvalue weighted by Crippen LogP contribution is -2.14. The van der Waals surface area contributed by atoms with Gasteiger partial charge in [0.15, 0.2) is 9.84 Å². The summed E-state index contributed by atoms with van der Waals surface area (Å²) >= 11 is 0. The number of sulfone groups is 1. The molecule has 102 valence electrons. The van der Waals surface area contributed by atoms with Gasteiger partial charge < -0.3 is 10.5 Å². The first-order valence-corrected chi connectivity index (χ1v) is 7.88. The molecule has 0 aromatic heterocycles. The van der Waals surface area contributed by atoms with E-state index in [0.29, 0.717) is 23.6 Å². The largest absolute Gasteiger partial charge is 0.494 e. The van der Waals surface area contributed by atoms with Crippen molar-refractivity contribution in [2.45, 2.75) is 26.5 Å². The summed E-state index contributed by atoms with van der Waals surface area (Å²) in [5.41, 5.74) is 6.88. The van der Waals surface area contributed by atoms with Gasteiger partial charge in [-0.25, -0.2) is 8.42 Å². The van der Waals surface area contributed by atoms with Crippen molar-refractivity contribution in [3.05, 3.63) is 23.8 Å². The highest BCUT2D eigenvalue weighted by Crippen LogP contribution is 2.24. The predicted molar refractivity (Wildman–Crippen MR) is 74.4 cm³/mol. The minimum Gasteiger partial charge on any atom is -0.494 e. The Bertz CT molecular complexity index is 495. The van der Waals surface area contributed by atoms with E-state index >= 15 is 0 Å². The summed E-state index contributed by atoms with van der Waals surface area (Å²) < 4.78 is 29.4. The Morgan fingerprint density at radius 2 is 2.00 bits per heavy atom. The van der Waals surface area contributed by atoms with Crippen molar-refractivity contribution in [3.8, 4) is 5.75 Å². The van der Waals surface area contributed by atoms with Crippen molar-refractivity contribution in [3.63, 3.8) is 0 Å². The van der Waals surface area contributed by atoms with E-state index < -0.39 is 9.84 Å². The van der Waals surface area contributed by atoms with E-state index in [2.05, 4.69) is 0 Å². The summed E-state index contributed by atoms with van der Waals surface area (Å²) in [5.74, 6) is 0.865. The van der Waals surface area contributed by atoms with Gasteiger partial charge in [0.1, 0.15) is 5.75 Å². The van der Waals surface area contributed by atoms with Gasteiger partial charge in [0.05, 0.1) is 18.1 Å². The maximum atomic E-state index is 12.0. The topological polar surface area (TPSA) is 69.4 Å². The quantitative estimate of drug-likeness (QED) is 0.806. The molecule has 0 spiro atoms. The Hall–Kier alpha value is -1.23. The summed E-state index contributed by atoms with van der Waals surface area (Å²) in [6.45, 7) is 6.14. The lowest BCUT2D eigenvalue weighted by molar-refractivity contribution is 0.337. The molecule has 0 aliphatic rings. The van der Waals surface area contributed by atoms with Crippen molar-refractivity contribution < 1.29 is 13.2 Å². The highest BCUT2D eigenvalue weighted by atomic mass is 32.2. The van der Waals surface area contributed by atoms with Crippen LogP contribution in [0.4, 0.5) is 5.69 Å². The molecule has 0 amide bonds. The first kappa shape index (κ1) is 14.8. The van der Waals surface area contributed by atoms with Crippen LogP contribution in [0.1, 0.15) is 26.3 Å². The fraction of sp³-hybridized carbons (Fsp3) is 0.538. The first-order valence-electron chi connectivity index (χ1n) is 6.05. The zero-order valence-electron chi connectivity index (χ0n) is 11.1. The molecular formula is C13H21NO3S. The zero-order valence-corrected chi connectivity index (χ0v) is 12.0. The van der Waals surface area contributed by atoms with Crippen LogP contribution in [0.2, 0.25) is 0 Å². The van der Waals surface area contributed by atoms with Crippen LogP contribution in [0.25, 0.3) is 0 Å². The number of anilines is 1. The molecule has 1 aromatic rings. The van der Waals surface area contributed by atoms with Crippen molar-refractivity contribution in [2.75, 3.05) is 18.1 Å². The number of benzene rings is 1. The van der Waals surface area contributed by atoms with E-state index in [1.807, 2.05) is 20.8 Å². The normalized spacial score (nSPS) is 11.8. The summed E-state index contributed by atoms with van der Waals surface area (Å²) in [7, 11) is -3.13. The molecule has 0 bridgehead atoms. The molecule has 0 aliphatic heterocycles. The summed E-state index contributed by atoms with van der Waals surface area (Å²) in [4.78, 5) is 0. The van der Waals surface area contributed by atoms with E-state index in [1.165, 1.54) is 0 Å².